The third-order valence-corrected chi connectivity index (χ3v) is 3.22. The summed E-state index contributed by atoms with van der Waals surface area (Å²) in [4.78, 5) is 27.1. The van der Waals surface area contributed by atoms with Crippen molar-refractivity contribution in [1.29, 1.82) is 0 Å². The summed E-state index contributed by atoms with van der Waals surface area (Å²) in [6.07, 6.45) is 3.75. The van der Waals surface area contributed by atoms with Crippen LogP contribution in [-0.4, -0.2) is 58.1 Å². The molecule has 0 unspecified atom stereocenters. The lowest BCUT2D eigenvalue weighted by Crippen LogP contribution is -2.41. The molecule has 0 spiro atoms. The van der Waals surface area contributed by atoms with Crippen LogP contribution in [0, 0.1) is 0 Å². The highest BCUT2D eigenvalue weighted by Gasteiger charge is 2.21. The molecule has 1 aliphatic heterocycles. The van der Waals surface area contributed by atoms with Crippen molar-refractivity contribution in [2.24, 2.45) is 0 Å². The van der Waals surface area contributed by atoms with Gasteiger partial charge in [0.25, 0.3) is 0 Å². The zero-order valence-corrected chi connectivity index (χ0v) is 11.1. The Kier molecular flexibility index (Phi) is 4.03. The number of likely N-dealkylation sites (tertiary alicyclic amines) is 1. The molecule has 2 N–H and O–H groups in total. The number of aromatic nitrogens is 2. The molecule has 7 heteroatoms. The van der Waals surface area contributed by atoms with Gasteiger partial charge in [0, 0.05) is 26.3 Å². The molecule has 2 rings (SSSR count). The SMILES string of the molecule is CN(CC(=O)N1CCCC1)C(=O)Cn1ccc(N)n1. The fraction of sp³-hybridized carbons (Fsp3) is 0.583. The van der Waals surface area contributed by atoms with Crippen LogP contribution in [0.5, 0.6) is 0 Å². The second-order valence-corrected chi connectivity index (χ2v) is 4.78. The molecule has 19 heavy (non-hydrogen) atoms. The number of carbonyl (C=O) groups is 2. The highest BCUT2D eigenvalue weighted by atomic mass is 16.2. The smallest absolute Gasteiger partial charge is 0.244 e. The minimum atomic E-state index is -0.157. The highest BCUT2D eigenvalue weighted by molar-refractivity contribution is 5.84. The van der Waals surface area contributed by atoms with Gasteiger partial charge in [0.05, 0.1) is 6.54 Å². The van der Waals surface area contributed by atoms with Crippen molar-refractivity contribution in [3.63, 3.8) is 0 Å². The second-order valence-electron chi connectivity index (χ2n) is 4.78. The third kappa shape index (κ3) is 3.46. The fourth-order valence-corrected chi connectivity index (χ4v) is 2.08. The lowest BCUT2D eigenvalue weighted by Gasteiger charge is -2.21. The van der Waals surface area contributed by atoms with Crippen LogP contribution in [0.1, 0.15) is 12.8 Å². The van der Waals surface area contributed by atoms with E-state index in [2.05, 4.69) is 5.10 Å². The van der Waals surface area contributed by atoms with E-state index < -0.39 is 0 Å². The Morgan fingerprint density at radius 3 is 2.68 bits per heavy atom. The Hall–Kier alpha value is -2.05. The van der Waals surface area contributed by atoms with Crippen molar-refractivity contribution < 1.29 is 9.59 Å². The first kappa shape index (κ1) is 13.4. The van der Waals surface area contributed by atoms with E-state index in [1.807, 2.05) is 0 Å². The molecule has 0 atom stereocenters. The number of nitrogens with two attached hydrogens (primary N) is 1. The maximum atomic E-state index is 11.9. The van der Waals surface area contributed by atoms with Gasteiger partial charge in [0.15, 0.2) is 0 Å². The molecule has 1 fully saturated rings. The summed E-state index contributed by atoms with van der Waals surface area (Å²) >= 11 is 0. The molecule has 1 aromatic rings. The summed E-state index contributed by atoms with van der Waals surface area (Å²) in [5, 5.41) is 3.94. The number of likely N-dealkylation sites (N-methyl/N-ethyl adjacent to an activating group) is 1. The average Bonchev–Trinajstić information content (AvgIpc) is 3.00. The molecule has 0 saturated carbocycles. The predicted octanol–water partition coefficient (Wildman–Crippen LogP) is -0.454. The quantitative estimate of drug-likeness (QED) is 0.799. The number of anilines is 1. The Morgan fingerprint density at radius 2 is 2.11 bits per heavy atom. The van der Waals surface area contributed by atoms with E-state index in [4.69, 9.17) is 5.73 Å². The van der Waals surface area contributed by atoms with Gasteiger partial charge in [-0.2, -0.15) is 5.10 Å². The number of nitrogen functional groups attached to an aromatic ring is 1. The minimum absolute atomic E-state index is 0.00771. The van der Waals surface area contributed by atoms with Gasteiger partial charge in [-0.15, -0.1) is 0 Å². The normalized spacial score (nSPS) is 14.7. The molecular weight excluding hydrogens is 246 g/mol. The average molecular weight is 265 g/mol. The fourth-order valence-electron chi connectivity index (χ4n) is 2.08. The topological polar surface area (TPSA) is 84.5 Å². The maximum absolute atomic E-state index is 11.9. The first-order valence-corrected chi connectivity index (χ1v) is 6.37. The lowest BCUT2D eigenvalue weighted by molar-refractivity contribution is -0.139. The zero-order valence-electron chi connectivity index (χ0n) is 11.1. The molecule has 104 valence electrons. The Labute approximate surface area is 111 Å². The van der Waals surface area contributed by atoms with Crippen molar-refractivity contribution in [2.75, 3.05) is 32.4 Å². The summed E-state index contributed by atoms with van der Waals surface area (Å²) in [5.74, 6) is 0.229. The Morgan fingerprint density at radius 1 is 1.42 bits per heavy atom. The van der Waals surface area contributed by atoms with Crippen molar-refractivity contribution in [2.45, 2.75) is 19.4 Å². The molecule has 1 aromatic heterocycles. The van der Waals surface area contributed by atoms with Gasteiger partial charge in [-0.25, -0.2) is 0 Å². The van der Waals surface area contributed by atoms with Crippen LogP contribution < -0.4 is 5.73 Å². The number of nitrogens with zero attached hydrogens (tertiary/aromatic N) is 4. The minimum Gasteiger partial charge on any atom is -0.382 e. The van der Waals surface area contributed by atoms with Crippen LogP contribution in [-0.2, 0) is 16.1 Å². The molecule has 0 bridgehead atoms. The first-order valence-electron chi connectivity index (χ1n) is 6.37. The molecule has 0 aromatic carbocycles. The zero-order chi connectivity index (χ0) is 13.8. The molecule has 1 aliphatic rings. The lowest BCUT2D eigenvalue weighted by atomic mass is 10.4. The van der Waals surface area contributed by atoms with E-state index in [0.717, 1.165) is 25.9 Å². The summed E-state index contributed by atoms with van der Waals surface area (Å²) in [6.45, 7) is 1.82. The van der Waals surface area contributed by atoms with Crippen molar-refractivity contribution in [1.82, 2.24) is 19.6 Å². The van der Waals surface area contributed by atoms with Gasteiger partial charge in [-0.05, 0) is 18.9 Å². The van der Waals surface area contributed by atoms with Gasteiger partial charge < -0.3 is 15.5 Å². The number of rotatable bonds is 4. The van der Waals surface area contributed by atoms with Gasteiger partial charge >= 0.3 is 0 Å². The van der Waals surface area contributed by atoms with Gasteiger partial charge in [0.2, 0.25) is 11.8 Å². The third-order valence-electron chi connectivity index (χ3n) is 3.22. The monoisotopic (exact) mass is 265 g/mol. The second kappa shape index (κ2) is 5.73. The van der Waals surface area contributed by atoms with Crippen LogP contribution in [0.2, 0.25) is 0 Å². The number of hydrogen-bond donors (Lipinski definition) is 1. The standard InChI is InChI=1S/C12H19N5O2/c1-15(8-12(19)16-5-2-3-6-16)11(18)9-17-7-4-10(13)14-17/h4,7H,2-3,5-6,8-9H2,1H3,(H2,13,14). The first-order chi connectivity index (χ1) is 9.06. The number of carbonyl (C=O) groups excluding carboxylic acids is 2. The van der Waals surface area contributed by atoms with E-state index in [9.17, 15) is 9.59 Å². The van der Waals surface area contributed by atoms with Gasteiger partial charge in [0.1, 0.15) is 12.4 Å². The maximum Gasteiger partial charge on any atom is 0.244 e. The number of amides is 2. The highest BCUT2D eigenvalue weighted by Crippen LogP contribution is 2.08. The molecule has 2 amide bonds. The predicted molar refractivity (Wildman–Crippen MR) is 70.1 cm³/mol. The van der Waals surface area contributed by atoms with Crippen LogP contribution >= 0.6 is 0 Å². The summed E-state index contributed by atoms with van der Waals surface area (Å²) in [5.41, 5.74) is 5.48. The summed E-state index contributed by atoms with van der Waals surface area (Å²) < 4.78 is 1.47. The molecule has 1 saturated heterocycles. The largest absolute Gasteiger partial charge is 0.382 e. The number of hydrogen-bond acceptors (Lipinski definition) is 4. The van der Waals surface area contributed by atoms with Crippen LogP contribution in [0.15, 0.2) is 12.3 Å². The van der Waals surface area contributed by atoms with Crippen LogP contribution in [0.25, 0.3) is 0 Å². The van der Waals surface area contributed by atoms with Crippen molar-refractivity contribution >= 4 is 17.6 Å². The molecular formula is C12H19N5O2. The van der Waals surface area contributed by atoms with Crippen LogP contribution in [0.3, 0.4) is 0 Å². The van der Waals surface area contributed by atoms with Crippen LogP contribution in [0.4, 0.5) is 5.82 Å². The van der Waals surface area contributed by atoms with E-state index in [0.29, 0.717) is 5.82 Å². The van der Waals surface area contributed by atoms with E-state index in [1.165, 1.54) is 9.58 Å². The summed E-state index contributed by atoms with van der Waals surface area (Å²) in [6, 6.07) is 1.63. The molecule has 7 nitrogen and oxygen atoms in total. The Bertz CT molecular complexity index is 464. The summed E-state index contributed by atoms with van der Waals surface area (Å²) in [7, 11) is 1.63. The van der Waals surface area contributed by atoms with Gasteiger partial charge in [-0.1, -0.05) is 0 Å². The van der Waals surface area contributed by atoms with Gasteiger partial charge in [-0.3, -0.25) is 14.3 Å². The van der Waals surface area contributed by atoms with E-state index in [1.54, 1.807) is 24.2 Å². The van der Waals surface area contributed by atoms with E-state index in [-0.39, 0.29) is 24.9 Å². The molecule has 0 aliphatic carbocycles. The Balaban J connectivity index is 1.83. The van der Waals surface area contributed by atoms with E-state index >= 15 is 0 Å². The molecule has 0 radical (unpaired) electrons. The van der Waals surface area contributed by atoms with Crippen molar-refractivity contribution in [3.8, 4) is 0 Å². The molecule has 2 heterocycles. The van der Waals surface area contributed by atoms with Crippen molar-refractivity contribution in [3.05, 3.63) is 12.3 Å².